The van der Waals surface area contributed by atoms with Crippen molar-refractivity contribution in [2.75, 3.05) is 6.61 Å². The fraction of sp³-hybridized carbons (Fsp3) is 0.467. The lowest BCUT2D eigenvalue weighted by atomic mass is 9.94. The van der Waals surface area contributed by atoms with Gasteiger partial charge in [-0.05, 0) is 36.8 Å². The number of ether oxygens (including phenoxy) is 1. The highest BCUT2D eigenvalue weighted by molar-refractivity contribution is 5.19. The summed E-state index contributed by atoms with van der Waals surface area (Å²) >= 11 is 0. The fourth-order valence-corrected chi connectivity index (χ4v) is 2.18. The maximum Gasteiger partial charge on any atom is 0.120 e. The van der Waals surface area contributed by atoms with Crippen LogP contribution in [0, 0.1) is 0 Å². The smallest absolute Gasteiger partial charge is 0.120 e. The van der Waals surface area contributed by atoms with Crippen LogP contribution in [0.4, 0.5) is 0 Å². The summed E-state index contributed by atoms with van der Waals surface area (Å²) in [6.45, 7) is 2.88. The molecule has 0 amide bonds. The Morgan fingerprint density at radius 2 is 2.06 bits per heavy atom. The second-order valence-electron chi connectivity index (χ2n) is 4.66. The summed E-state index contributed by atoms with van der Waals surface area (Å²) in [5.41, 5.74) is 1.27. The van der Waals surface area contributed by atoms with E-state index in [1.807, 2.05) is 24.3 Å². The van der Waals surface area contributed by atoms with E-state index in [0.717, 1.165) is 31.6 Å². The number of rotatable bonds is 4. The first kappa shape index (κ1) is 12.2. The summed E-state index contributed by atoms with van der Waals surface area (Å²) in [4.78, 5) is 0. The van der Waals surface area contributed by atoms with E-state index in [1.165, 1.54) is 5.56 Å². The average Bonchev–Trinajstić information content (AvgIpc) is 2.40. The van der Waals surface area contributed by atoms with Gasteiger partial charge in [0, 0.05) is 0 Å². The third kappa shape index (κ3) is 3.34. The number of aliphatic hydroxyl groups excluding tert-OH is 1. The van der Waals surface area contributed by atoms with Gasteiger partial charge in [-0.1, -0.05) is 37.3 Å². The van der Waals surface area contributed by atoms with Crippen LogP contribution in [0.2, 0.25) is 0 Å². The highest BCUT2D eigenvalue weighted by Crippen LogP contribution is 2.25. The van der Waals surface area contributed by atoms with Gasteiger partial charge in [-0.25, -0.2) is 0 Å². The van der Waals surface area contributed by atoms with E-state index in [9.17, 15) is 5.11 Å². The van der Waals surface area contributed by atoms with E-state index >= 15 is 0 Å². The van der Waals surface area contributed by atoms with Crippen LogP contribution in [-0.4, -0.2) is 17.8 Å². The first-order valence-corrected chi connectivity index (χ1v) is 6.33. The standard InChI is InChI=1S/C15H20O2/c1-12(13-7-3-2-4-8-13)11-14(16)15-9-5-6-10-17-15/h2-4,7-9,12,14,16H,5-6,10-11H2,1H3. The number of benzene rings is 1. The SMILES string of the molecule is CC(CC(O)C1=CCCCO1)c1ccccc1. The summed E-state index contributed by atoms with van der Waals surface area (Å²) < 4.78 is 5.49. The molecule has 0 saturated heterocycles. The van der Waals surface area contributed by atoms with Crippen molar-refractivity contribution in [2.24, 2.45) is 0 Å². The van der Waals surface area contributed by atoms with Gasteiger partial charge in [0.2, 0.25) is 0 Å². The van der Waals surface area contributed by atoms with Crippen molar-refractivity contribution in [3.05, 3.63) is 47.7 Å². The Hall–Kier alpha value is -1.28. The van der Waals surface area contributed by atoms with Gasteiger partial charge >= 0.3 is 0 Å². The Morgan fingerprint density at radius 3 is 2.71 bits per heavy atom. The zero-order valence-electron chi connectivity index (χ0n) is 10.3. The van der Waals surface area contributed by atoms with Gasteiger partial charge in [0.15, 0.2) is 0 Å². The maximum atomic E-state index is 10.1. The lowest BCUT2D eigenvalue weighted by molar-refractivity contribution is 0.0832. The van der Waals surface area contributed by atoms with E-state index in [2.05, 4.69) is 19.1 Å². The Labute approximate surface area is 103 Å². The highest BCUT2D eigenvalue weighted by atomic mass is 16.5. The molecule has 0 radical (unpaired) electrons. The summed E-state index contributed by atoms with van der Waals surface area (Å²) in [5, 5.41) is 10.1. The first-order chi connectivity index (χ1) is 8.27. The van der Waals surface area contributed by atoms with Gasteiger partial charge in [0.25, 0.3) is 0 Å². The van der Waals surface area contributed by atoms with Crippen molar-refractivity contribution in [1.82, 2.24) is 0 Å². The van der Waals surface area contributed by atoms with E-state index in [1.54, 1.807) is 0 Å². The van der Waals surface area contributed by atoms with Crippen LogP contribution in [0.25, 0.3) is 0 Å². The van der Waals surface area contributed by atoms with E-state index in [-0.39, 0.29) is 0 Å². The fourth-order valence-electron chi connectivity index (χ4n) is 2.18. The van der Waals surface area contributed by atoms with Crippen molar-refractivity contribution in [3.63, 3.8) is 0 Å². The lowest BCUT2D eigenvalue weighted by Gasteiger charge is -2.22. The summed E-state index contributed by atoms with van der Waals surface area (Å²) in [7, 11) is 0. The average molecular weight is 232 g/mol. The summed E-state index contributed by atoms with van der Waals surface area (Å²) in [6.07, 6.45) is 4.35. The molecule has 1 aliphatic heterocycles. The van der Waals surface area contributed by atoms with Gasteiger partial charge in [-0.2, -0.15) is 0 Å². The molecular weight excluding hydrogens is 212 g/mol. The van der Waals surface area contributed by atoms with Crippen LogP contribution in [0.1, 0.15) is 37.7 Å². The van der Waals surface area contributed by atoms with Crippen molar-refractivity contribution in [2.45, 2.75) is 38.2 Å². The monoisotopic (exact) mass is 232 g/mol. The topological polar surface area (TPSA) is 29.5 Å². The number of aliphatic hydroxyl groups is 1. The molecule has 2 rings (SSSR count). The predicted octanol–water partition coefficient (Wildman–Crippen LogP) is 3.24. The lowest BCUT2D eigenvalue weighted by Crippen LogP contribution is -2.18. The van der Waals surface area contributed by atoms with E-state index < -0.39 is 6.10 Å². The van der Waals surface area contributed by atoms with Gasteiger partial charge < -0.3 is 9.84 Å². The number of hydrogen-bond donors (Lipinski definition) is 1. The third-order valence-electron chi connectivity index (χ3n) is 3.24. The molecule has 2 nitrogen and oxygen atoms in total. The molecule has 0 fully saturated rings. The zero-order valence-corrected chi connectivity index (χ0v) is 10.3. The summed E-state index contributed by atoms with van der Waals surface area (Å²) in [5.74, 6) is 1.11. The normalized spacial score (nSPS) is 19.1. The molecule has 92 valence electrons. The van der Waals surface area contributed by atoms with Gasteiger partial charge in [-0.3, -0.25) is 0 Å². The van der Waals surface area contributed by atoms with Crippen LogP contribution in [0.3, 0.4) is 0 Å². The molecule has 0 bridgehead atoms. The minimum atomic E-state index is -0.467. The van der Waals surface area contributed by atoms with Crippen LogP contribution in [0.15, 0.2) is 42.2 Å². The minimum Gasteiger partial charge on any atom is -0.496 e. The predicted molar refractivity (Wildman–Crippen MR) is 68.7 cm³/mol. The molecule has 2 heteroatoms. The molecule has 1 aliphatic rings. The Bertz CT molecular complexity index is 370. The first-order valence-electron chi connectivity index (χ1n) is 6.33. The molecule has 0 aliphatic carbocycles. The van der Waals surface area contributed by atoms with Gasteiger partial charge in [0.05, 0.1) is 6.61 Å². The van der Waals surface area contributed by atoms with E-state index in [0.29, 0.717) is 5.92 Å². The van der Waals surface area contributed by atoms with Crippen molar-refractivity contribution in [3.8, 4) is 0 Å². The molecule has 0 spiro atoms. The molecule has 1 N–H and O–H groups in total. The van der Waals surface area contributed by atoms with Crippen molar-refractivity contribution >= 4 is 0 Å². The third-order valence-corrected chi connectivity index (χ3v) is 3.24. The van der Waals surface area contributed by atoms with Gasteiger partial charge in [-0.15, -0.1) is 0 Å². The van der Waals surface area contributed by atoms with Crippen molar-refractivity contribution < 1.29 is 9.84 Å². The largest absolute Gasteiger partial charge is 0.496 e. The molecule has 2 atom stereocenters. The number of allylic oxidation sites excluding steroid dienone is 1. The van der Waals surface area contributed by atoms with Crippen LogP contribution >= 0.6 is 0 Å². The molecule has 2 unspecified atom stereocenters. The summed E-state index contributed by atoms with van der Waals surface area (Å²) in [6, 6.07) is 10.3. The molecule has 1 aromatic carbocycles. The molecule has 17 heavy (non-hydrogen) atoms. The second-order valence-corrected chi connectivity index (χ2v) is 4.66. The maximum absolute atomic E-state index is 10.1. The zero-order chi connectivity index (χ0) is 12.1. The van der Waals surface area contributed by atoms with Crippen molar-refractivity contribution in [1.29, 1.82) is 0 Å². The Balaban J connectivity index is 1.94. The number of hydrogen-bond acceptors (Lipinski definition) is 2. The molecular formula is C15H20O2. The molecule has 1 aromatic rings. The minimum absolute atomic E-state index is 0.345. The van der Waals surface area contributed by atoms with Gasteiger partial charge in [0.1, 0.15) is 11.9 Å². The molecule has 0 aromatic heterocycles. The van der Waals surface area contributed by atoms with E-state index in [4.69, 9.17) is 4.74 Å². The van der Waals surface area contributed by atoms with Crippen LogP contribution in [-0.2, 0) is 4.74 Å². The second kappa shape index (κ2) is 5.87. The van der Waals surface area contributed by atoms with Crippen LogP contribution in [0.5, 0.6) is 0 Å². The highest BCUT2D eigenvalue weighted by Gasteiger charge is 2.18. The Kier molecular flexibility index (Phi) is 4.21. The Morgan fingerprint density at radius 1 is 1.29 bits per heavy atom. The quantitative estimate of drug-likeness (QED) is 0.863. The van der Waals surface area contributed by atoms with Crippen LogP contribution < -0.4 is 0 Å². The molecule has 1 heterocycles. The molecule has 0 saturated carbocycles.